The summed E-state index contributed by atoms with van der Waals surface area (Å²) < 4.78 is 29.6. The van der Waals surface area contributed by atoms with Crippen LogP contribution in [-0.4, -0.2) is 34.7 Å². The Morgan fingerprint density at radius 3 is 2.73 bits per heavy atom. The summed E-state index contributed by atoms with van der Waals surface area (Å²) in [5, 5.41) is 4.09. The molecule has 0 saturated carbocycles. The summed E-state index contributed by atoms with van der Waals surface area (Å²) in [7, 11) is 1.57. The lowest BCUT2D eigenvalue weighted by atomic mass is 10.1. The summed E-state index contributed by atoms with van der Waals surface area (Å²) in [4.78, 5) is 18.6. The number of carbonyl (C=O) groups excluding carboxylic acids is 1. The molecule has 1 aliphatic heterocycles. The number of carbonyl (C=O) groups is 1. The van der Waals surface area contributed by atoms with Crippen molar-refractivity contribution in [3.8, 4) is 22.9 Å². The summed E-state index contributed by atoms with van der Waals surface area (Å²) in [6, 6.07) is 11.2. The van der Waals surface area contributed by atoms with Crippen molar-refractivity contribution in [2.24, 2.45) is 0 Å². The number of benzene rings is 2. The highest BCUT2D eigenvalue weighted by Gasteiger charge is 2.36. The molecule has 0 aliphatic carbocycles. The summed E-state index contributed by atoms with van der Waals surface area (Å²) in [6.45, 7) is 2.79. The molecule has 1 saturated heterocycles. The molecular formula is C22H22FN3O4. The number of methoxy groups -OCH3 is 1. The second-order valence-electron chi connectivity index (χ2n) is 6.96. The Hall–Kier alpha value is -3.42. The van der Waals surface area contributed by atoms with Crippen LogP contribution in [0.3, 0.4) is 0 Å². The van der Waals surface area contributed by atoms with E-state index < -0.39 is 0 Å². The number of halogens is 1. The van der Waals surface area contributed by atoms with Crippen LogP contribution in [0.2, 0.25) is 0 Å². The SMILES string of the molecule is CCOc1ccc(-c2noc(C3CCC(=O)N3Cc3ccc(F)cc3)n2)cc1OC. The van der Waals surface area contributed by atoms with Gasteiger partial charge < -0.3 is 18.9 Å². The molecule has 0 N–H and O–H groups in total. The Bertz CT molecular complexity index is 1040. The second-order valence-corrected chi connectivity index (χ2v) is 6.96. The van der Waals surface area contributed by atoms with Gasteiger partial charge in [-0.15, -0.1) is 0 Å². The molecular weight excluding hydrogens is 389 g/mol. The number of rotatable bonds is 7. The van der Waals surface area contributed by atoms with E-state index in [2.05, 4.69) is 10.1 Å². The van der Waals surface area contributed by atoms with Crippen molar-refractivity contribution in [2.75, 3.05) is 13.7 Å². The molecule has 4 rings (SSSR count). The molecule has 1 amide bonds. The molecule has 1 fully saturated rings. The average molecular weight is 411 g/mol. The van der Waals surface area contributed by atoms with E-state index in [9.17, 15) is 9.18 Å². The van der Waals surface area contributed by atoms with E-state index in [1.165, 1.54) is 12.1 Å². The van der Waals surface area contributed by atoms with E-state index in [1.807, 2.05) is 13.0 Å². The number of amides is 1. The third kappa shape index (κ3) is 3.98. The fraction of sp³-hybridized carbons (Fsp3) is 0.318. The zero-order valence-electron chi connectivity index (χ0n) is 16.8. The summed E-state index contributed by atoms with van der Waals surface area (Å²) in [5.41, 5.74) is 1.56. The topological polar surface area (TPSA) is 77.7 Å². The number of ether oxygens (including phenoxy) is 2. The summed E-state index contributed by atoms with van der Waals surface area (Å²) in [6.07, 6.45) is 0.995. The predicted octanol–water partition coefficient (Wildman–Crippen LogP) is 4.15. The van der Waals surface area contributed by atoms with Gasteiger partial charge >= 0.3 is 0 Å². The van der Waals surface area contributed by atoms with Crippen molar-refractivity contribution in [1.29, 1.82) is 0 Å². The van der Waals surface area contributed by atoms with Gasteiger partial charge in [0.1, 0.15) is 11.9 Å². The average Bonchev–Trinajstić information content (AvgIpc) is 3.37. The largest absolute Gasteiger partial charge is 0.493 e. The summed E-state index contributed by atoms with van der Waals surface area (Å²) in [5.74, 6) is 1.70. The van der Waals surface area contributed by atoms with Crippen LogP contribution in [0.15, 0.2) is 47.0 Å². The molecule has 1 unspecified atom stereocenters. The van der Waals surface area contributed by atoms with Gasteiger partial charge in [-0.1, -0.05) is 17.3 Å². The Morgan fingerprint density at radius 2 is 2.00 bits per heavy atom. The van der Waals surface area contributed by atoms with Crippen LogP contribution >= 0.6 is 0 Å². The van der Waals surface area contributed by atoms with Crippen LogP contribution in [0.1, 0.15) is 37.3 Å². The second kappa shape index (κ2) is 8.52. The first-order valence-electron chi connectivity index (χ1n) is 9.77. The lowest BCUT2D eigenvalue weighted by Gasteiger charge is -2.22. The zero-order valence-corrected chi connectivity index (χ0v) is 16.8. The first kappa shape index (κ1) is 19.9. The Balaban J connectivity index is 1.56. The lowest BCUT2D eigenvalue weighted by Crippen LogP contribution is -2.27. The van der Waals surface area contributed by atoms with Crippen molar-refractivity contribution < 1.29 is 23.2 Å². The maximum Gasteiger partial charge on any atom is 0.249 e. The Labute approximate surface area is 173 Å². The van der Waals surface area contributed by atoms with E-state index in [0.29, 0.717) is 49.2 Å². The molecule has 30 heavy (non-hydrogen) atoms. The van der Waals surface area contributed by atoms with Crippen LogP contribution < -0.4 is 9.47 Å². The molecule has 8 heteroatoms. The molecule has 2 heterocycles. The molecule has 1 aromatic heterocycles. The van der Waals surface area contributed by atoms with E-state index in [0.717, 1.165) is 11.1 Å². The monoisotopic (exact) mass is 411 g/mol. The van der Waals surface area contributed by atoms with Gasteiger partial charge in [-0.3, -0.25) is 4.79 Å². The van der Waals surface area contributed by atoms with Crippen LogP contribution in [0, 0.1) is 5.82 Å². The smallest absolute Gasteiger partial charge is 0.249 e. The minimum absolute atomic E-state index is 0.00631. The fourth-order valence-corrected chi connectivity index (χ4v) is 3.54. The quantitative estimate of drug-likeness (QED) is 0.581. The van der Waals surface area contributed by atoms with Gasteiger partial charge in [0.15, 0.2) is 11.5 Å². The molecule has 0 radical (unpaired) electrons. The van der Waals surface area contributed by atoms with Crippen molar-refractivity contribution in [1.82, 2.24) is 15.0 Å². The maximum atomic E-state index is 13.2. The van der Waals surface area contributed by atoms with Crippen LogP contribution in [0.5, 0.6) is 11.5 Å². The normalized spacial score (nSPS) is 16.2. The van der Waals surface area contributed by atoms with Crippen molar-refractivity contribution in [3.05, 3.63) is 59.7 Å². The van der Waals surface area contributed by atoms with E-state index in [-0.39, 0.29) is 17.8 Å². The number of nitrogens with zero attached hydrogens (tertiary/aromatic N) is 3. The fourth-order valence-electron chi connectivity index (χ4n) is 3.54. The standard InChI is InChI=1S/C22H22FN3O4/c1-3-29-18-10-6-15(12-19(18)28-2)21-24-22(30-25-21)17-9-11-20(27)26(17)13-14-4-7-16(23)8-5-14/h4-8,10,12,17H,3,9,11,13H2,1-2H3. The van der Waals surface area contributed by atoms with Gasteiger partial charge in [0.2, 0.25) is 17.6 Å². The van der Waals surface area contributed by atoms with E-state index in [4.69, 9.17) is 14.0 Å². The van der Waals surface area contributed by atoms with Gasteiger partial charge in [-0.2, -0.15) is 4.98 Å². The van der Waals surface area contributed by atoms with Crippen molar-refractivity contribution >= 4 is 5.91 Å². The van der Waals surface area contributed by atoms with E-state index >= 15 is 0 Å². The van der Waals surface area contributed by atoms with Gasteiger partial charge in [0.25, 0.3) is 0 Å². The zero-order chi connectivity index (χ0) is 21.1. The van der Waals surface area contributed by atoms with Crippen LogP contribution in [-0.2, 0) is 11.3 Å². The Morgan fingerprint density at radius 1 is 1.20 bits per heavy atom. The molecule has 1 aliphatic rings. The van der Waals surface area contributed by atoms with Crippen molar-refractivity contribution in [2.45, 2.75) is 32.4 Å². The number of likely N-dealkylation sites (tertiary alicyclic amines) is 1. The molecule has 0 bridgehead atoms. The maximum absolute atomic E-state index is 13.2. The number of aromatic nitrogens is 2. The Kier molecular flexibility index (Phi) is 5.65. The first-order chi connectivity index (χ1) is 14.6. The highest BCUT2D eigenvalue weighted by atomic mass is 19.1. The minimum atomic E-state index is -0.312. The third-order valence-corrected chi connectivity index (χ3v) is 5.04. The third-order valence-electron chi connectivity index (χ3n) is 5.04. The first-order valence-corrected chi connectivity index (χ1v) is 9.77. The number of hydrogen-bond acceptors (Lipinski definition) is 6. The lowest BCUT2D eigenvalue weighted by molar-refractivity contribution is -0.129. The molecule has 1 atom stereocenters. The van der Waals surface area contributed by atoms with Gasteiger partial charge in [-0.05, 0) is 49.2 Å². The highest BCUT2D eigenvalue weighted by Crippen LogP contribution is 2.35. The molecule has 3 aromatic rings. The summed E-state index contributed by atoms with van der Waals surface area (Å²) >= 11 is 0. The molecule has 156 valence electrons. The van der Waals surface area contributed by atoms with Crippen LogP contribution in [0.4, 0.5) is 4.39 Å². The number of hydrogen-bond donors (Lipinski definition) is 0. The molecule has 0 spiro atoms. The molecule has 7 nitrogen and oxygen atoms in total. The van der Waals surface area contributed by atoms with Gasteiger partial charge in [0, 0.05) is 18.5 Å². The minimum Gasteiger partial charge on any atom is -0.493 e. The predicted molar refractivity (Wildman–Crippen MR) is 106 cm³/mol. The highest BCUT2D eigenvalue weighted by molar-refractivity contribution is 5.78. The van der Waals surface area contributed by atoms with Gasteiger partial charge in [-0.25, -0.2) is 4.39 Å². The van der Waals surface area contributed by atoms with E-state index in [1.54, 1.807) is 36.3 Å². The van der Waals surface area contributed by atoms with Crippen molar-refractivity contribution in [3.63, 3.8) is 0 Å². The molecule has 2 aromatic carbocycles. The van der Waals surface area contributed by atoms with Gasteiger partial charge in [0.05, 0.1) is 13.7 Å². The van der Waals surface area contributed by atoms with Crippen LogP contribution in [0.25, 0.3) is 11.4 Å².